The summed E-state index contributed by atoms with van der Waals surface area (Å²) in [4.78, 5) is 22.4. The van der Waals surface area contributed by atoms with E-state index in [-0.39, 0.29) is 17.5 Å². The van der Waals surface area contributed by atoms with Crippen molar-refractivity contribution in [2.24, 2.45) is 22.9 Å². The number of carbonyl (C=O) groups excluding carboxylic acids is 1. The summed E-state index contributed by atoms with van der Waals surface area (Å²) in [5.41, 5.74) is 2.89. The molecule has 0 aliphatic heterocycles. The summed E-state index contributed by atoms with van der Waals surface area (Å²) in [6, 6.07) is 6.32. The molecule has 2 aliphatic rings. The zero-order valence-corrected chi connectivity index (χ0v) is 11.6. The minimum atomic E-state index is -0.460. The molecule has 6 heteroatoms. The van der Waals surface area contributed by atoms with Gasteiger partial charge in [0.15, 0.2) is 0 Å². The van der Waals surface area contributed by atoms with Gasteiger partial charge in [0.05, 0.1) is 16.7 Å². The number of hydrogen-bond acceptors (Lipinski definition) is 4. The Morgan fingerprint density at radius 1 is 1.29 bits per heavy atom. The summed E-state index contributed by atoms with van der Waals surface area (Å²) in [6.45, 7) is 0. The number of nitrogens with zero attached hydrogens (tertiary/aromatic N) is 2. The van der Waals surface area contributed by atoms with Gasteiger partial charge in [0.25, 0.3) is 5.69 Å². The molecule has 0 radical (unpaired) electrons. The lowest BCUT2D eigenvalue weighted by molar-refractivity contribution is -0.385. The van der Waals surface area contributed by atoms with E-state index in [1.165, 1.54) is 25.1 Å². The lowest BCUT2D eigenvalue weighted by Gasteiger charge is -2.04. The summed E-state index contributed by atoms with van der Waals surface area (Å²) < 4.78 is 0. The Kier molecular flexibility index (Phi) is 3.68. The number of hydrazone groups is 1. The highest BCUT2D eigenvalue weighted by atomic mass is 16.6. The van der Waals surface area contributed by atoms with Gasteiger partial charge in [-0.25, -0.2) is 5.43 Å². The van der Waals surface area contributed by atoms with Crippen LogP contribution >= 0.6 is 0 Å². The topological polar surface area (TPSA) is 84.6 Å². The molecule has 2 aliphatic carbocycles. The fraction of sp³-hybridized carbons (Fsp3) is 0.467. The summed E-state index contributed by atoms with van der Waals surface area (Å²) in [6.07, 6.45) is 6.03. The second-order valence-corrected chi connectivity index (χ2v) is 5.69. The van der Waals surface area contributed by atoms with Crippen molar-refractivity contribution < 1.29 is 9.72 Å². The largest absolute Gasteiger partial charge is 0.278 e. The number of hydrogen-bond donors (Lipinski definition) is 1. The molecular weight excluding hydrogens is 270 g/mol. The van der Waals surface area contributed by atoms with Crippen molar-refractivity contribution in [3.05, 3.63) is 39.9 Å². The molecule has 21 heavy (non-hydrogen) atoms. The summed E-state index contributed by atoms with van der Waals surface area (Å²) in [5.74, 6) is 1.09. The highest BCUT2D eigenvalue weighted by Crippen LogP contribution is 2.55. The van der Waals surface area contributed by atoms with Gasteiger partial charge in [0, 0.05) is 12.0 Å². The molecule has 0 unspecified atom stereocenters. The van der Waals surface area contributed by atoms with E-state index in [4.69, 9.17) is 0 Å². The van der Waals surface area contributed by atoms with Crippen molar-refractivity contribution in [1.82, 2.24) is 5.43 Å². The van der Waals surface area contributed by atoms with Crippen molar-refractivity contribution in [2.75, 3.05) is 0 Å². The third-order valence-corrected chi connectivity index (χ3v) is 4.47. The average molecular weight is 287 g/mol. The van der Waals surface area contributed by atoms with Crippen molar-refractivity contribution in [1.29, 1.82) is 0 Å². The van der Waals surface area contributed by atoms with Gasteiger partial charge in [-0.1, -0.05) is 25.0 Å². The van der Waals surface area contributed by atoms with Crippen LogP contribution in [0.5, 0.6) is 0 Å². The highest BCUT2D eigenvalue weighted by molar-refractivity contribution is 5.87. The molecule has 3 rings (SSSR count). The van der Waals surface area contributed by atoms with Gasteiger partial charge in [-0.15, -0.1) is 0 Å². The maximum Gasteiger partial charge on any atom is 0.278 e. The molecule has 1 aromatic rings. The first kappa shape index (κ1) is 13.7. The van der Waals surface area contributed by atoms with E-state index in [9.17, 15) is 14.9 Å². The van der Waals surface area contributed by atoms with E-state index in [1.54, 1.807) is 18.2 Å². The fourth-order valence-corrected chi connectivity index (χ4v) is 3.38. The standard InChI is InChI=1S/C15H17N3O3/c19-15(14-11-6-2-3-7-12(11)14)17-16-9-10-5-1-4-8-13(10)18(20)21/h1,4-5,8-9,11-12,14H,2-3,6-7H2,(H,17,19)/b16-9-/t11-,12-/m1/s1. The molecule has 110 valence electrons. The molecule has 2 atom stereocenters. The van der Waals surface area contributed by atoms with E-state index >= 15 is 0 Å². The Morgan fingerprint density at radius 2 is 1.95 bits per heavy atom. The van der Waals surface area contributed by atoms with E-state index in [2.05, 4.69) is 10.5 Å². The monoisotopic (exact) mass is 287 g/mol. The average Bonchev–Trinajstić information content (AvgIpc) is 3.22. The van der Waals surface area contributed by atoms with Crippen molar-refractivity contribution in [2.45, 2.75) is 25.7 Å². The van der Waals surface area contributed by atoms with Crippen LogP contribution in [-0.4, -0.2) is 17.0 Å². The predicted octanol–water partition coefficient (Wildman–Crippen LogP) is 2.48. The van der Waals surface area contributed by atoms with Gasteiger partial charge >= 0.3 is 0 Å². The van der Waals surface area contributed by atoms with Gasteiger partial charge in [-0.05, 0) is 30.7 Å². The normalized spacial score (nSPS) is 27.1. The Hall–Kier alpha value is -2.24. The first-order chi connectivity index (χ1) is 10.2. The minimum Gasteiger partial charge on any atom is -0.273 e. The second-order valence-electron chi connectivity index (χ2n) is 5.69. The molecule has 0 bridgehead atoms. The lowest BCUT2D eigenvalue weighted by Crippen LogP contribution is -2.20. The number of nitro benzene ring substituents is 1. The molecule has 0 heterocycles. The first-order valence-corrected chi connectivity index (χ1v) is 7.25. The van der Waals surface area contributed by atoms with Crippen LogP contribution in [-0.2, 0) is 4.79 Å². The van der Waals surface area contributed by atoms with Crippen molar-refractivity contribution in [3.63, 3.8) is 0 Å². The van der Waals surface area contributed by atoms with Gasteiger partial charge in [0.2, 0.25) is 5.91 Å². The Morgan fingerprint density at radius 3 is 2.62 bits per heavy atom. The zero-order chi connectivity index (χ0) is 14.8. The summed E-state index contributed by atoms with van der Waals surface area (Å²) >= 11 is 0. The van der Waals surface area contributed by atoms with Crippen molar-refractivity contribution in [3.8, 4) is 0 Å². The quantitative estimate of drug-likeness (QED) is 0.524. The number of nitro groups is 1. The van der Waals surface area contributed by atoms with Crippen LogP contribution in [0.4, 0.5) is 5.69 Å². The summed E-state index contributed by atoms with van der Waals surface area (Å²) in [7, 11) is 0. The second kappa shape index (κ2) is 5.63. The number of amides is 1. The number of para-hydroxylation sites is 1. The lowest BCUT2D eigenvalue weighted by atomic mass is 10.0. The van der Waals surface area contributed by atoms with Crippen LogP contribution < -0.4 is 5.43 Å². The summed E-state index contributed by atoms with van der Waals surface area (Å²) in [5, 5.41) is 14.7. The van der Waals surface area contributed by atoms with Crippen molar-refractivity contribution >= 4 is 17.8 Å². The van der Waals surface area contributed by atoms with Gasteiger partial charge in [-0.2, -0.15) is 5.10 Å². The number of benzene rings is 1. The van der Waals surface area contributed by atoms with Crippen LogP contribution in [0, 0.1) is 27.9 Å². The number of carbonyl (C=O) groups is 1. The van der Waals surface area contributed by atoms with Gasteiger partial charge in [-0.3, -0.25) is 14.9 Å². The molecule has 1 N–H and O–H groups in total. The molecule has 0 spiro atoms. The van der Waals surface area contributed by atoms with Crippen LogP contribution in [0.2, 0.25) is 0 Å². The first-order valence-electron chi connectivity index (χ1n) is 7.25. The van der Waals surface area contributed by atoms with Crippen LogP contribution in [0.3, 0.4) is 0 Å². The molecule has 2 fully saturated rings. The van der Waals surface area contributed by atoms with Crippen LogP contribution in [0.1, 0.15) is 31.2 Å². The van der Waals surface area contributed by atoms with Gasteiger partial charge in [0.1, 0.15) is 0 Å². The molecule has 0 aromatic heterocycles. The number of rotatable bonds is 4. The molecule has 1 amide bonds. The third-order valence-electron chi connectivity index (χ3n) is 4.47. The SMILES string of the molecule is O=C(N/N=C\c1ccccc1[N+](=O)[O-])C1[C@@H]2CCCC[C@@H]12. The predicted molar refractivity (Wildman–Crippen MR) is 77.8 cm³/mol. The molecule has 1 aromatic carbocycles. The fourth-order valence-electron chi connectivity index (χ4n) is 3.38. The maximum atomic E-state index is 12.0. The number of nitrogens with one attached hydrogen (secondary N) is 1. The maximum absolute atomic E-state index is 12.0. The van der Waals surface area contributed by atoms with E-state index in [0.29, 0.717) is 17.4 Å². The molecule has 6 nitrogen and oxygen atoms in total. The van der Waals surface area contributed by atoms with E-state index in [0.717, 1.165) is 12.8 Å². The van der Waals surface area contributed by atoms with Crippen LogP contribution in [0.15, 0.2) is 29.4 Å². The van der Waals surface area contributed by atoms with Gasteiger partial charge < -0.3 is 0 Å². The van der Waals surface area contributed by atoms with E-state index in [1.807, 2.05) is 0 Å². The Balaban J connectivity index is 1.60. The minimum absolute atomic E-state index is 0.0180. The molecular formula is C15H17N3O3. The third kappa shape index (κ3) is 2.79. The molecule has 2 saturated carbocycles. The Labute approximate surface area is 122 Å². The number of fused-ring (bicyclic) bond motifs is 1. The molecule has 0 saturated heterocycles. The van der Waals surface area contributed by atoms with E-state index < -0.39 is 4.92 Å². The van der Waals surface area contributed by atoms with Crippen LogP contribution in [0.25, 0.3) is 0 Å². The smallest absolute Gasteiger partial charge is 0.273 e. The highest BCUT2D eigenvalue weighted by Gasteiger charge is 2.54. The zero-order valence-electron chi connectivity index (χ0n) is 11.6. The Bertz CT molecular complexity index is 588.